The van der Waals surface area contributed by atoms with Crippen molar-refractivity contribution < 1.29 is 4.39 Å². The molecule has 0 saturated carbocycles. The number of nitrogens with zero attached hydrogens (tertiary/aromatic N) is 1. The summed E-state index contributed by atoms with van der Waals surface area (Å²) >= 11 is 0. The van der Waals surface area contributed by atoms with E-state index in [1.54, 1.807) is 6.07 Å². The SMILES string of the molecule is Cc1ccc(F)cc1CN1CCC(N)CC1C. The molecule has 0 aromatic heterocycles. The molecule has 2 N–H and O–H groups in total. The van der Waals surface area contributed by atoms with Crippen molar-refractivity contribution in [2.75, 3.05) is 6.54 Å². The van der Waals surface area contributed by atoms with Gasteiger partial charge in [-0.1, -0.05) is 6.07 Å². The molecule has 1 aliphatic rings. The largest absolute Gasteiger partial charge is 0.328 e. The number of aryl methyl sites for hydroxylation is 1. The molecule has 2 atom stereocenters. The van der Waals surface area contributed by atoms with E-state index in [0.717, 1.165) is 37.1 Å². The Bertz CT molecular complexity index is 392. The summed E-state index contributed by atoms with van der Waals surface area (Å²) < 4.78 is 13.2. The Labute approximate surface area is 103 Å². The Balaban J connectivity index is 2.07. The van der Waals surface area contributed by atoms with Gasteiger partial charge in [0.05, 0.1) is 0 Å². The summed E-state index contributed by atoms with van der Waals surface area (Å²) in [6.07, 6.45) is 2.08. The molecule has 17 heavy (non-hydrogen) atoms. The molecule has 94 valence electrons. The smallest absolute Gasteiger partial charge is 0.123 e. The van der Waals surface area contributed by atoms with Crippen molar-refractivity contribution in [1.82, 2.24) is 4.90 Å². The normalized spacial score (nSPS) is 26.1. The van der Waals surface area contributed by atoms with Gasteiger partial charge < -0.3 is 5.73 Å². The highest BCUT2D eigenvalue weighted by Crippen LogP contribution is 2.20. The lowest BCUT2D eigenvalue weighted by atomic mass is 9.98. The van der Waals surface area contributed by atoms with Crippen LogP contribution in [0.15, 0.2) is 18.2 Å². The van der Waals surface area contributed by atoms with Crippen molar-refractivity contribution in [3.63, 3.8) is 0 Å². The molecule has 2 rings (SSSR count). The van der Waals surface area contributed by atoms with Crippen molar-refractivity contribution in [1.29, 1.82) is 0 Å². The first-order valence-corrected chi connectivity index (χ1v) is 6.31. The van der Waals surface area contributed by atoms with Crippen LogP contribution in [-0.2, 0) is 6.54 Å². The molecule has 0 aliphatic carbocycles. The van der Waals surface area contributed by atoms with E-state index in [-0.39, 0.29) is 5.82 Å². The van der Waals surface area contributed by atoms with Gasteiger partial charge in [0.1, 0.15) is 5.82 Å². The van der Waals surface area contributed by atoms with E-state index in [4.69, 9.17) is 5.73 Å². The Morgan fingerprint density at radius 3 is 2.94 bits per heavy atom. The fourth-order valence-electron chi connectivity index (χ4n) is 2.52. The number of likely N-dealkylation sites (tertiary alicyclic amines) is 1. The van der Waals surface area contributed by atoms with E-state index in [1.165, 1.54) is 6.07 Å². The van der Waals surface area contributed by atoms with Crippen molar-refractivity contribution in [3.05, 3.63) is 35.1 Å². The van der Waals surface area contributed by atoms with Crippen molar-refractivity contribution >= 4 is 0 Å². The van der Waals surface area contributed by atoms with E-state index in [1.807, 2.05) is 13.0 Å². The van der Waals surface area contributed by atoms with E-state index < -0.39 is 0 Å². The zero-order valence-corrected chi connectivity index (χ0v) is 10.6. The molecule has 0 bridgehead atoms. The lowest BCUT2D eigenvalue weighted by molar-refractivity contribution is 0.139. The van der Waals surface area contributed by atoms with Gasteiger partial charge in [-0.15, -0.1) is 0 Å². The third-order valence-corrected chi connectivity index (χ3v) is 3.74. The van der Waals surface area contributed by atoms with Gasteiger partial charge in [0, 0.05) is 25.2 Å². The average molecular weight is 236 g/mol. The highest BCUT2D eigenvalue weighted by Gasteiger charge is 2.23. The van der Waals surface area contributed by atoms with Gasteiger partial charge in [-0.3, -0.25) is 4.90 Å². The number of rotatable bonds is 2. The van der Waals surface area contributed by atoms with Crippen LogP contribution in [0.25, 0.3) is 0 Å². The number of halogens is 1. The molecule has 1 aliphatic heterocycles. The van der Waals surface area contributed by atoms with Crippen LogP contribution >= 0.6 is 0 Å². The molecular formula is C14H21FN2. The minimum atomic E-state index is -0.146. The van der Waals surface area contributed by atoms with E-state index in [9.17, 15) is 4.39 Å². The summed E-state index contributed by atoms with van der Waals surface area (Å²) in [7, 11) is 0. The van der Waals surface area contributed by atoms with Crippen LogP contribution < -0.4 is 5.73 Å². The third kappa shape index (κ3) is 3.05. The Kier molecular flexibility index (Phi) is 3.79. The lowest BCUT2D eigenvalue weighted by Gasteiger charge is -2.36. The Morgan fingerprint density at radius 1 is 1.47 bits per heavy atom. The van der Waals surface area contributed by atoms with Crippen molar-refractivity contribution in [2.24, 2.45) is 5.73 Å². The Morgan fingerprint density at radius 2 is 2.24 bits per heavy atom. The van der Waals surface area contributed by atoms with Crippen LogP contribution in [0, 0.1) is 12.7 Å². The molecule has 0 amide bonds. The standard InChI is InChI=1S/C14H21FN2/c1-10-3-4-13(15)8-12(10)9-17-6-5-14(16)7-11(17)2/h3-4,8,11,14H,5-7,9,16H2,1-2H3. The van der Waals surface area contributed by atoms with Crippen LogP contribution in [-0.4, -0.2) is 23.5 Å². The molecule has 1 aromatic rings. The van der Waals surface area contributed by atoms with Gasteiger partial charge in [0.2, 0.25) is 0 Å². The number of hydrogen-bond acceptors (Lipinski definition) is 2. The molecule has 3 heteroatoms. The topological polar surface area (TPSA) is 29.3 Å². The number of piperidine rings is 1. The summed E-state index contributed by atoms with van der Waals surface area (Å²) in [5, 5.41) is 0. The fourth-order valence-corrected chi connectivity index (χ4v) is 2.52. The number of benzene rings is 1. The zero-order chi connectivity index (χ0) is 12.4. The van der Waals surface area contributed by atoms with Crippen LogP contribution in [0.5, 0.6) is 0 Å². The molecule has 0 spiro atoms. The number of nitrogens with two attached hydrogens (primary N) is 1. The third-order valence-electron chi connectivity index (χ3n) is 3.74. The van der Waals surface area contributed by atoms with E-state index in [2.05, 4.69) is 11.8 Å². The summed E-state index contributed by atoms with van der Waals surface area (Å²) in [5.41, 5.74) is 8.20. The highest BCUT2D eigenvalue weighted by molar-refractivity contribution is 5.26. The Hall–Kier alpha value is -0.930. The second-order valence-corrected chi connectivity index (χ2v) is 5.17. The first-order valence-electron chi connectivity index (χ1n) is 6.31. The summed E-state index contributed by atoms with van der Waals surface area (Å²) in [4.78, 5) is 2.39. The van der Waals surface area contributed by atoms with E-state index >= 15 is 0 Å². The molecule has 1 aromatic carbocycles. The monoisotopic (exact) mass is 236 g/mol. The average Bonchev–Trinajstić information content (AvgIpc) is 2.27. The van der Waals surface area contributed by atoms with Gasteiger partial charge in [-0.2, -0.15) is 0 Å². The van der Waals surface area contributed by atoms with Crippen LogP contribution in [0.2, 0.25) is 0 Å². The second-order valence-electron chi connectivity index (χ2n) is 5.17. The van der Waals surface area contributed by atoms with Crippen molar-refractivity contribution in [3.8, 4) is 0 Å². The molecular weight excluding hydrogens is 215 g/mol. The minimum Gasteiger partial charge on any atom is -0.328 e. The summed E-state index contributed by atoms with van der Waals surface area (Å²) in [6.45, 7) is 6.08. The first kappa shape index (κ1) is 12.5. The van der Waals surface area contributed by atoms with Crippen molar-refractivity contribution in [2.45, 2.75) is 45.3 Å². The maximum Gasteiger partial charge on any atom is 0.123 e. The minimum absolute atomic E-state index is 0.146. The fraction of sp³-hybridized carbons (Fsp3) is 0.571. The molecule has 1 saturated heterocycles. The van der Waals surface area contributed by atoms with Crippen LogP contribution in [0.3, 0.4) is 0 Å². The molecule has 2 unspecified atom stereocenters. The first-order chi connectivity index (χ1) is 8.06. The number of hydrogen-bond donors (Lipinski definition) is 1. The maximum atomic E-state index is 13.2. The molecule has 2 nitrogen and oxygen atoms in total. The summed E-state index contributed by atoms with van der Waals surface area (Å²) in [6, 6.07) is 5.84. The maximum absolute atomic E-state index is 13.2. The predicted octanol–water partition coefficient (Wildman–Crippen LogP) is 2.45. The molecule has 0 radical (unpaired) electrons. The van der Waals surface area contributed by atoms with Gasteiger partial charge in [0.15, 0.2) is 0 Å². The van der Waals surface area contributed by atoms with Crippen LogP contribution in [0.1, 0.15) is 30.9 Å². The quantitative estimate of drug-likeness (QED) is 0.854. The van der Waals surface area contributed by atoms with Gasteiger partial charge >= 0.3 is 0 Å². The van der Waals surface area contributed by atoms with E-state index in [0.29, 0.717) is 12.1 Å². The molecule has 1 heterocycles. The zero-order valence-electron chi connectivity index (χ0n) is 10.6. The van der Waals surface area contributed by atoms with Gasteiger partial charge in [-0.05, 0) is 49.9 Å². The van der Waals surface area contributed by atoms with Gasteiger partial charge in [0.25, 0.3) is 0 Å². The highest BCUT2D eigenvalue weighted by atomic mass is 19.1. The lowest BCUT2D eigenvalue weighted by Crippen LogP contribution is -2.45. The molecule has 1 fully saturated rings. The van der Waals surface area contributed by atoms with Crippen LogP contribution in [0.4, 0.5) is 4.39 Å². The summed E-state index contributed by atoms with van der Waals surface area (Å²) in [5.74, 6) is -0.146. The second kappa shape index (κ2) is 5.15. The predicted molar refractivity (Wildman–Crippen MR) is 68.2 cm³/mol. The van der Waals surface area contributed by atoms with Gasteiger partial charge in [-0.25, -0.2) is 4.39 Å².